The van der Waals surface area contributed by atoms with Crippen LogP contribution in [0.15, 0.2) is 36.9 Å². The van der Waals surface area contributed by atoms with Crippen LogP contribution in [0.4, 0.5) is 0 Å². The van der Waals surface area contributed by atoms with Gasteiger partial charge in [0.25, 0.3) is 5.91 Å². The Hall–Kier alpha value is -1.96. The van der Waals surface area contributed by atoms with Crippen LogP contribution < -0.4 is 5.32 Å². The van der Waals surface area contributed by atoms with Crippen LogP contribution in [0.1, 0.15) is 22.2 Å². The minimum absolute atomic E-state index is 0.326. The van der Waals surface area contributed by atoms with E-state index >= 15 is 0 Å². The summed E-state index contributed by atoms with van der Waals surface area (Å²) in [7, 11) is 0. The van der Waals surface area contributed by atoms with Crippen molar-refractivity contribution in [3.63, 3.8) is 0 Å². The molecule has 0 aliphatic rings. The van der Waals surface area contributed by atoms with Crippen LogP contribution in [0.3, 0.4) is 0 Å². The minimum atomic E-state index is -0.711. The number of carbonyl (C=O) groups excluding carboxylic acids is 1. The van der Waals surface area contributed by atoms with Gasteiger partial charge in [0.1, 0.15) is 6.04 Å². The summed E-state index contributed by atoms with van der Waals surface area (Å²) in [5.41, 5.74) is 0.326. The standard InChI is InChI=1S/C14H15ClN4O2S/c1-2-7-19-12(17-18-14(19)22)11(8-20)16-13(21)9-5-3-4-6-10(9)15/h2-6,11,20H,1,7-8H2,(H,16,21)(H,18,22). The van der Waals surface area contributed by atoms with Crippen LogP contribution in [-0.4, -0.2) is 32.4 Å². The first-order valence-corrected chi connectivity index (χ1v) is 7.29. The van der Waals surface area contributed by atoms with Gasteiger partial charge < -0.3 is 10.4 Å². The number of hydrogen-bond donors (Lipinski definition) is 3. The number of benzene rings is 1. The first-order chi connectivity index (χ1) is 10.6. The predicted octanol–water partition coefficient (Wildman–Crippen LogP) is 2.24. The molecule has 1 unspecified atom stereocenters. The molecule has 0 saturated carbocycles. The number of rotatable bonds is 6. The molecule has 0 fully saturated rings. The van der Waals surface area contributed by atoms with Crippen LogP contribution in [0.5, 0.6) is 0 Å². The highest BCUT2D eigenvalue weighted by molar-refractivity contribution is 7.71. The number of halogens is 1. The van der Waals surface area contributed by atoms with E-state index in [-0.39, 0.29) is 6.61 Å². The number of nitrogens with one attached hydrogen (secondary N) is 2. The Labute approximate surface area is 137 Å². The summed E-state index contributed by atoms with van der Waals surface area (Å²) in [5.74, 6) is 0.0246. The molecule has 0 spiro atoms. The monoisotopic (exact) mass is 338 g/mol. The smallest absolute Gasteiger partial charge is 0.253 e. The highest BCUT2D eigenvalue weighted by Gasteiger charge is 2.21. The van der Waals surface area contributed by atoms with Crippen molar-refractivity contribution in [1.82, 2.24) is 20.1 Å². The van der Waals surface area contributed by atoms with Gasteiger partial charge in [0.15, 0.2) is 10.6 Å². The number of aliphatic hydroxyl groups excluding tert-OH is 1. The molecule has 22 heavy (non-hydrogen) atoms. The van der Waals surface area contributed by atoms with Crippen LogP contribution in [0.25, 0.3) is 0 Å². The van der Waals surface area contributed by atoms with E-state index in [0.29, 0.717) is 27.7 Å². The zero-order valence-electron chi connectivity index (χ0n) is 11.6. The number of aliphatic hydroxyl groups is 1. The van der Waals surface area contributed by atoms with Gasteiger partial charge in [-0.1, -0.05) is 29.8 Å². The van der Waals surface area contributed by atoms with E-state index in [1.807, 2.05) is 0 Å². The van der Waals surface area contributed by atoms with Crippen molar-refractivity contribution in [2.24, 2.45) is 0 Å². The van der Waals surface area contributed by atoms with Gasteiger partial charge in [0.2, 0.25) is 0 Å². The van der Waals surface area contributed by atoms with Gasteiger partial charge in [-0.05, 0) is 24.4 Å². The average Bonchev–Trinajstić information content (AvgIpc) is 2.87. The molecule has 1 heterocycles. The normalized spacial score (nSPS) is 11.9. The molecule has 1 amide bonds. The number of hydrogen-bond acceptors (Lipinski definition) is 4. The Balaban J connectivity index is 2.27. The average molecular weight is 339 g/mol. The van der Waals surface area contributed by atoms with Crippen LogP contribution in [0, 0.1) is 4.77 Å². The predicted molar refractivity (Wildman–Crippen MR) is 86.4 cm³/mol. The lowest BCUT2D eigenvalue weighted by Gasteiger charge is -2.16. The van der Waals surface area contributed by atoms with E-state index in [2.05, 4.69) is 22.1 Å². The van der Waals surface area contributed by atoms with Crippen molar-refractivity contribution in [2.75, 3.05) is 6.61 Å². The molecule has 0 aliphatic carbocycles. The summed E-state index contributed by atoms with van der Waals surface area (Å²) in [4.78, 5) is 12.3. The maximum Gasteiger partial charge on any atom is 0.253 e. The lowest BCUT2D eigenvalue weighted by Crippen LogP contribution is -2.33. The van der Waals surface area contributed by atoms with E-state index < -0.39 is 11.9 Å². The molecule has 116 valence electrons. The molecule has 6 nitrogen and oxygen atoms in total. The van der Waals surface area contributed by atoms with Gasteiger partial charge >= 0.3 is 0 Å². The van der Waals surface area contributed by atoms with E-state index in [1.165, 1.54) is 0 Å². The Morgan fingerprint density at radius 1 is 1.59 bits per heavy atom. The molecule has 0 bridgehead atoms. The van der Waals surface area contributed by atoms with Crippen molar-refractivity contribution in [3.8, 4) is 0 Å². The summed E-state index contributed by atoms with van der Waals surface area (Å²) >= 11 is 11.1. The van der Waals surface area contributed by atoms with Gasteiger partial charge in [-0.15, -0.1) is 6.58 Å². The molecular weight excluding hydrogens is 324 g/mol. The molecule has 8 heteroatoms. The lowest BCUT2D eigenvalue weighted by molar-refractivity contribution is 0.0912. The lowest BCUT2D eigenvalue weighted by atomic mass is 10.2. The molecule has 2 rings (SSSR count). The molecule has 2 aromatic rings. The van der Waals surface area contributed by atoms with E-state index in [4.69, 9.17) is 23.8 Å². The molecule has 0 radical (unpaired) electrons. The molecule has 1 aromatic carbocycles. The molecular formula is C14H15ClN4O2S. The third-order valence-electron chi connectivity index (χ3n) is 3.02. The number of nitrogens with zero attached hydrogens (tertiary/aromatic N) is 2. The summed E-state index contributed by atoms with van der Waals surface area (Å²) in [6, 6.07) is 5.96. The molecule has 3 N–H and O–H groups in total. The van der Waals surface area contributed by atoms with Gasteiger partial charge in [0.05, 0.1) is 17.2 Å². The van der Waals surface area contributed by atoms with Crippen molar-refractivity contribution in [2.45, 2.75) is 12.6 Å². The van der Waals surface area contributed by atoms with Crippen LogP contribution in [0.2, 0.25) is 5.02 Å². The number of aromatic amines is 1. The fourth-order valence-corrected chi connectivity index (χ4v) is 2.41. The largest absolute Gasteiger partial charge is 0.394 e. The Morgan fingerprint density at radius 3 is 2.95 bits per heavy atom. The Kier molecular flexibility index (Phi) is 5.48. The number of H-pyrrole nitrogens is 1. The van der Waals surface area contributed by atoms with Crippen molar-refractivity contribution in [1.29, 1.82) is 0 Å². The number of amides is 1. The highest BCUT2D eigenvalue weighted by atomic mass is 35.5. The second kappa shape index (κ2) is 7.35. The summed E-state index contributed by atoms with van der Waals surface area (Å²) in [6.45, 7) is 3.74. The topological polar surface area (TPSA) is 82.9 Å². The molecule has 1 atom stereocenters. The zero-order chi connectivity index (χ0) is 16.1. The third kappa shape index (κ3) is 3.44. The number of allylic oxidation sites excluding steroid dienone is 1. The van der Waals surface area contributed by atoms with Gasteiger partial charge in [-0.25, -0.2) is 0 Å². The fourth-order valence-electron chi connectivity index (χ4n) is 1.97. The van der Waals surface area contributed by atoms with Crippen molar-refractivity contribution in [3.05, 3.63) is 58.1 Å². The summed E-state index contributed by atoms with van der Waals surface area (Å²) < 4.78 is 2.04. The van der Waals surface area contributed by atoms with Crippen LogP contribution in [-0.2, 0) is 6.54 Å². The number of carbonyl (C=O) groups is 1. The number of aromatic nitrogens is 3. The quantitative estimate of drug-likeness (QED) is 0.557. The van der Waals surface area contributed by atoms with E-state index in [9.17, 15) is 9.90 Å². The van der Waals surface area contributed by atoms with E-state index in [0.717, 1.165) is 0 Å². The maximum atomic E-state index is 12.3. The van der Waals surface area contributed by atoms with Crippen molar-refractivity contribution >= 4 is 29.7 Å². The second-order valence-corrected chi connectivity index (χ2v) is 5.27. The molecule has 0 saturated heterocycles. The van der Waals surface area contributed by atoms with Gasteiger partial charge in [-0.2, -0.15) is 5.10 Å². The van der Waals surface area contributed by atoms with Crippen molar-refractivity contribution < 1.29 is 9.90 Å². The Morgan fingerprint density at radius 2 is 2.32 bits per heavy atom. The summed E-state index contributed by atoms with van der Waals surface area (Å²) in [5, 5.41) is 19.3. The molecule has 0 aliphatic heterocycles. The van der Waals surface area contributed by atoms with Gasteiger partial charge in [0, 0.05) is 6.54 Å². The van der Waals surface area contributed by atoms with Crippen LogP contribution >= 0.6 is 23.8 Å². The Bertz CT molecular complexity index is 740. The second-order valence-electron chi connectivity index (χ2n) is 4.47. The zero-order valence-corrected chi connectivity index (χ0v) is 13.2. The minimum Gasteiger partial charge on any atom is -0.394 e. The maximum absolute atomic E-state index is 12.3. The highest BCUT2D eigenvalue weighted by Crippen LogP contribution is 2.17. The first-order valence-electron chi connectivity index (χ1n) is 6.50. The SMILES string of the molecule is C=CCn1c(C(CO)NC(=O)c2ccccc2Cl)n[nH]c1=S. The van der Waals surface area contributed by atoms with E-state index in [1.54, 1.807) is 34.9 Å². The third-order valence-corrected chi connectivity index (χ3v) is 3.66. The molecule has 1 aromatic heterocycles. The first kappa shape index (κ1) is 16.4. The summed E-state index contributed by atoms with van der Waals surface area (Å²) in [6.07, 6.45) is 1.65. The fraction of sp³-hybridized carbons (Fsp3) is 0.214. The van der Waals surface area contributed by atoms with Gasteiger partial charge in [-0.3, -0.25) is 14.5 Å².